The number of likely N-dealkylation sites (N-methyl/N-ethyl adjacent to an activating group) is 1. The molecule has 0 aliphatic carbocycles. The quantitative estimate of drug-likeness (QED) is 0.764. The summed E-state index contributed by atoms with van der Waals surface area (Å²) in [7, 11) is 2.21. The van der Waals surface area contributed by atoms with E-state index in [9.17, 15) is 4.39 Å². The lowest BCUT2D eigenvalue weighted by molar-refractivity contribution is 0.102. The van der Waals surface area contributed by atoms with Crippen LogP contribution in [0.15, 0.2) is 36.7 Å². The third-order valence-corrected chi connectivity index (χ3v) is 6.24. The van der Waals surface area contributed by atoms with Crippen LogP contribution in [-0.4, -0.2) is 76.8 Å². The zero-order valence-corrected chi connectivity index (χ0v) is 16.9. The molecule has 1 atom stereocenters. The van der Waals surface area contributed by atoms with Crippen LogP contribution in [0.25, 0.3) is 5.69 Å². The smallest absolute Gasteiger partial charge is 0.123 e. The Morgan fingerprint density at radius 1 is 1.04 bits per heavy atom. The van der Waals surface area contributed by atoms with Gasteiger partial charge in [0.15, 0.2) is 0 Å². The molecular weight excluding hydrogens is 353 g/mol. The highest BCUT2D eigenvalue weighted by atomic mass is 19.1. The Bertz CT molecular complexity index is 736. The Kier molecular flexibility index (Phi) is 6.40. The molecule has 2 aliphatic heterocycles. The van der Waals surface area contributed by atoms with Gasteiger partial charge in [-0.25, -0.2) is 9.07 Å². The molecule has 152 valence electrons. The van der Waals surface area contributed by atoms with E-state index in [-0.39, 0.29) is 5.82 Å². The van der Waals surface area contributed by atoms with E-state index in [1.165, 1.54) is 82.6 Å². The first-order valence-electron chi connectivity index (χ1n) is 10.6. The average Bonchev–Trinajstić information content (AvgIpc) is 3.18. The van der Waals surface area contributed by atoms with Crippen LogP contribution < -0.4 is 0 Å². The minimum absolute atomic E-state index is 0.215. The van der Waals surface area contributed by atoms with Crippen molar-refractivity contribution >= 4 is 0 Å². The maximum atomic E-state index is 13.1. The van der Waals surface area contributed by atoms with E-state index in [0.717, 1.165) is 12.2 Å². The van der Waals surface area contributed by atoms with Crippen LogP contribution in [0.5, 0.6) is 0 Å². The van der Waals surface area contributed by atoms with E-state index in [1.807, 2.05) is 10.9 Å². The molecule has 0 radical (unpaired) electrons. The van der Waals surface area contributed by atoms with Gasteiger partial charge < -0.3 is 9.80 Å². The number of aromatic nitrogens is 2. The number of piperazine rings is 1. The topological polar surface area (TPSA) is 27.5 Å². The molecule has 2 aliphatic rings. The number of hydrogen-bond acceptors (Lipinski definition) is 4. The molecule has 28 heavy (non-hydrogen) atoms. The van der Waals surface area contributed by atoms with Gasteiger partial charge >= 0.3 is 0 Å². The van der Waals surface area contributed by atoms with E-state index in [4.69, 9.17) is 0 Å². The van der Waals surface area contributed by atoms with Gasteiger partial charge in [-0.1, -0.05) is 6.42 Å². The van der Waals surface area contributed by atoms with Crippen LogP contribution in [0.4, 0.5) is 4.39 Å². The summed E-state index contributed by atoms with van der Waals surface area (Å²) in [5.74, 6) is -0.215. The number of halogens is 1. The number of benzene rings is 1. The van der Waals surface area contributed by atoms with E-state index >= 15 is 0 Å². The second-order valence-electron chi connectivity index (χ2n) is 8.32. The SMILES string of the molecule is CN1CCN(CCC2CCCCN2Cc2cnn(-c3ccc(F)cc3)c2)CC1. The summed E-state index contributed by atoms with van der Waals surface area (Å²) in [6.07, 6.45) is 9.24. The summed E-state index contributed by atoms with van der Waals surface area (Å²) < 4.78 is 15.0. The summed E-state index contributed by atoms with van der Waals surface area (Å²) in [5.41, 5.74) is 2.13. The third-order valence-electron chi connectivity index (χ3n) is 6.24. The van der Waals surface area contributed by atoms with Gasteiger partial charge in [-0.3, -0.25) is 4.90 Å². The first kappa shape index (κ1) is 19.6. The van der Waals surface area contributed by atoms with Crippen LogP contribution in [0.3, 0.4) is 0 Å². The maximum absolute atomic E-state index is 13.1. The normalized spacial score (nSPS) is 22.6. The van der Waals surface area contributed by atoms with Crippen molar-refractivity contribution < 1.29 is 4.39 Å². The van der Waals surface area contributed by atoms with Gasteiger partial charge in [0, 0.05) is 50.5 Å². The summed E-state index contributed by atoms with van der Waals surface area (Å²) >= 11 is 0. The molecule has 0 N–H and O–H groups in total. The summed E-state index contributed by atoms with van der Waals surface area (Å²) in [4.78, 5) is 7.69. The first-order chi connectivity index (χ1) is 13.7. The van der Waals surface area contributed by atoms with Crippen LogP contribution >= 0.6 is 0 Å². The van der Waals surface area contributed by atoms with Crippen molar-refractivity contribution in [2.45, 2.75) is 38.3 Å². The van der Waals surface area contributed by atoms with E-state index in [0.29, 0.717) is 6.04 Å². The molecule has 0 bridgehead atoms. The minimum Gasteiger partial charge on any atom is -0.304 e. The number of hydrogen-bond donors (Lipinski definition) is 0. The molecule has 0 saturated carbocycles. The number of nitrogens with zero attached hydrogens (tertiary/aromatic N) is 5. The predicted octanol–water partition coefficient (Wildman–Crippen LogP) is 3.00. The van der Waals surface area contributed by atoms with E-state index in [2.05, 4.69) is 33.0 Å². The lowest BCUT2D eigenvalue weighted by Gasteiger charge is -2.38. The molecule has 5 nitrogen and oxygen atoms in total. The lowest BCUT2D eigenvalue weighted by atomic mass is 9.98. The molecule has 2 aromatic rings. The van der Waals surface area contributed by atoms with Crippen molar-refractivity contribution in [1.82, 2.24) is 24.5 Å². The van der Waals surface area contributed by atoms with Crippen LogP contribution in [0.2, 0.25) is 0 Å². The van der Waals surface area contributed by atoms with Gasteiger partial charge in [0.1, 0.15) is 5.82 Å². The average molecular weight is 386 g/mol. The molecule has 0 spiro atoms. The Hall–Kier alpha value is -1.76. The largest absolute Gasteiger partial charge is 0.304 e. The van der Waals surface area contributed by atoms with Gasteiger partial charge in [-0.15, -0.1) is 0 Å². The molecule has 6 heteroatoms. The summed E-state index contributed by atoms with van der Waals surface area (Å²) in [5, 5.41) is 4.49. The second kappa shape index (κ2) is 9.16. The van der Waals surface area contributed by atoms with Crippen molar-refractivity contribution in [1.29, 1.82) is 0 Å². The molecule has 2 fully saturated rings. The van der Waals surface area contributed by atoms with Crippen molar-refractivity contribution in [2.24, 2.45) is 0 Å². The summed E-state index contributed by atoms with van der Waals surface area (Å²) in [6, 6.07) is 7.17. The van der Waals surface area contributed by atoms with Crippen molar-refractivity contribution in [3.05, 3.63) is 48.0 Å². The molecule has 3 heterocycles. The van der Waals surface area contributed by atoms with Gasteiger partial charge in [-0.2, -0.15) is 5.10 Å². The highest BCUT2D eigenvalue weighted by Crippen LogP contribution is 2.23. The second-order valence-corrected chi connectivity index (χ2v) is 8.32. The predicted molar refractivity (Wildman–Crippen MR) is 110 cm³/mol. The van der Waals surface area contributed by atoms with Crippen LogP contribution in [0.1, 0.15) is 31.2 Å². The molecular formula is C22H32FN5. The molecule has 1 aromatic heterocycles. The number of likely N-dealkylation sites (tertiary alicyclic amines) is 1. The van der Waals surface area contributed by atoms with Gasteiger partial charge in [0.05, 0.1) is 11.9 Å². The molecule has 4 rings (SSSR count). The van der Waals surface area contributed by atoms with Crippen LogP contribution in [0, 0.1) is 5.82 Å². The Balaban J connectivity index is 1.34. The van der Waals surface area contributed by atoms with Crippen molar-refractivity contribution in [2.75, 3.05) is 46.3 Å². The van der Waals surface area contributed by atoms with Gasteiger partial charge in [0.25, 0.3) is 0 Å². The molecule has 2 saturated heterocycles. The van der Waals surface area contributed by atoms with E-state index in [1.54, 1.807) is 12.1 Å². The highest BCUT2D eigenvalue weighted by Gasteiger charge is 2.24. The highest BCUT2D eigenvalue weighted by molar-refractivity contribution is 5.31. The zero-order chi connectivity index (χ0) is 19.3. The fraction of sp³-hybridized carbons (Fsp3) is 0.591. The first-order valence-corrected chi connectivity index (χ1v) is 10.6. The minimum atomic E-state index is -0.215. The van der Waals surface area contributed by atoms with Gasteiger partial charge in [0.2, 0.25) is 0 Å². The zero-order valence-electron chi connectivity index (χ0n) is 16.9. The standard InChI is InChI=1S/C22H32FN5/c1-25-12-14-26(15-13-25)11-9-21-4-2-3-10-27(21)17-19-16-24-28(18-19)22-7-5-20(23)6-8-22/h5-8,16,18,21H,2-4,9-15,17H2,1H3. The number of piperidine rings is 1. The Morgan fingerprint density at radius 2 is 1.82 bits per heavy atom. The fourth-order valence-corrected chi connectivity index (χ4v) is 4.41. The van der Waals surface area contributed by atoms with E-state index < -0.39 is 0 Å². The Morgan fingerprint density at radius 3 is 2.61 bits per heavy atom. The maximum Gasteiger partial charge on any atom is 0.123 e. The van der Waals surface area contributed by atoms with Crippen molar-refractivity contribution in [3.8, 4) is 5.69 Å². The Labute approximate surface area is 167 Å². The van der Waals surface area contributed by atoms with Crippen molar-refractivity contribution in [3.63, 3.8) is 0 Å². The third kappa shape index (κ3) is 4.99. The van der Waals surface area contributed by atoms with Crippen LogP contribution in [-0.2, 0) is 6.54 Å². The molecule has 0 amide bonds. The van der Waals surface area contributed by atoms with Gasteiger partial charge in [-0.05, 0) is 63.7 Å². The number of rotatable bonds is 6. The molecule has 1 unspecified atom stereocenters. The lowest BCUT2D eigenvalue weighted by Crippen LogP contribution is -2.47. The summed E-state index contributed by atoms with van der Waals surface area (Å²) in [6.45, 7) is 8.13. The fourth-order valence-electron chi connectivity index (χ4n) is 4.41. The molecule has 1 aromatic carbocycles. The monoisotopic (exact) mass is 385 g/mol.